The first-order valence-corrected chi connectivity index (χ1v) is 10.8. The van der Waals surface area contributed by atoms with Crippen molar-refractivity contribution in [2.45, 2.75) is 39.3 Å². The lowest BCUT2D eigenvalue weighted by molar-refractivity contribution is 0.805. The number of benzene rings is 1. The summed E-state index contributed by atoms with van der Waals surface area (Å²) >= 11 is 0. The topological polar surface area (TPSA) is 12.9 Å². The van der Waals surface area contributed by atoms with Crippen LogP contribution in [0.5, 0.6) is 0 Å². The highest BCUT2D eigenvalue weighted by atomic mass is 28.3. The third-order valence-electron chi connectivity index (χ3n) is 4.11. The summed E-state index contributed by atoms with van der Waals surface area (Å²) < 4.78 is 0. The van der Waals surface area contributed by atoms with Gasteiger partial charge in [0.15, 0.2) is 0 Å². The minimum Gasteiger partial charge on any atom is -0.257 e. The van der Waals surface area contributed by atoms with Crippen molar-refractivity contribution in [3.05, 3.63) is 65.6 Å². The Morgan fingerprint density at radius 2 is 1.76 bits per heavy atom. The van der Waals surface area contributed by atoms with Crippen LogP contribution in [-0.4, -0.2) is 13.1 Å². The molecule has 0 unspecified atom stereocenters. The van der Waals surface area contributed by atoms with Gasteiger partial charge in [0.2, 0.25) is 0 Å². The number of aromatic nitrogens is 1. The fourth-order valence-corrected chi connectivity index (χ4v) is 5.32. The molecule has 2 rings (SSSR count). The van der Waals surface area contributed by atoms with Crippen LogP contribution in [0.25, 0.3) is 6.08 Å². The molecule has 1 aromatic heterocycles. The Hall–Kier alpha value is -1.67. The number of rotatable bonds is 6. The van der Waals surface area contributed by atoms with Crippen LogP contribution in [0.1, 0.15) is 31.9 Å². The molecule has 0 amide bonds. The molecule has 21 heavy (non-hydrogen) atoms. The average Bonchev–Trinajstić information content (AvgIpc) is 2.53. The van der Waals surface area contributed by atoms with E-state index in [1.165, 1.54) is 24.4 Å². The fraction of sp³-hybridized carbons (Fsp3) is 0.316. The Bertz CT molecular complexity index is 573. The first kappa shape index (κ1) is 15.7. The van der Waals surface area contributed by atoms with Crippen LogP contribution >= 0.6 is 0 Å². The van der Waals surface area contributed by atoms with E-state index in [2.05, 4.69) is 73.5 Å². The van der Waals surface area contributed by atoms with Gasteiger partial charge in [0.25, 0.3) is 0 Å². The van der Waals surface area contributed by atoms with Gasteiger partial charge in [-0.05, 0) is 24.6 Å². The second-order valence-electron chi connectivity index (χ2n) is 6.02. The van der Waals surface area contributed by atoms with Gasteiger partial charge in [-0.15, -0.1) is 0 Å². The van der Waals surface area contributed by atoms with E-state index in [1.54, 1.807) is 5.20 Å². The van der Waals surface area contributed by atoms with Crippen molar-refractivity contribution in [2.75, 3.05) is 0 Å². The van der Waals surface area contributed by atoms with E-state index >= 15 is 0 Å². The van der Waals surface area contributed by atoms with Gasteiger partial charge < -0.3 is 0 Å². The van der Waals surface area contributed by atoms with Crippen molar-refractivity contribution >= 4 is 19.3 Å². The van der Waals surface area contributed by atoms with Gasteiger partial charge in [0.05, 0.1) is 5.69 Å². The summed E-state index contributed by atoms with van der Waals surface area (Å²) in [6.45, 7) is 7.16. The highest BCUT2D eigenvalue weighted by Gasteiger charge is 2.27. The summed E-state index contributed by atoms with van der Waals surface area (Å²) in [5.41, 5.74) is 1.08. The first-order valence-electron chi connectivity index (χ1n) is 7.82. The summed E-state index contributed by atoms with van der Waals surface area (Å²) in [7, 11) is -1.61. The van der Waals surface area contributed by atoms with E-state index in [0.717, 1.165) is 5.69 Å². The zero-order valence-corrected chi connectivity index (χ0v) is 14.3. The van der Waals surface area contributed by atoms with Gasteiger partial charge in [0.1, 0.15) is 8.07 Å². The lowest BCUT2D eigenvalue weighted by Crippen LogP contribution is -2.43. The normalized spacial score (nSPS) is 12.4. The van der Waals surface area contributed by atoms with E-state index < -0.39 is 8.07 Å². The minimum atomic E-state index is -1.61. The van der Waals surface area contributed by atoms with Crippen molar-refractivity contribution in [3.63, 3.8) is 0 Å². The van der Waals surface area contributed by atoms with Gasteiger partial charge in [-0.3, -0.25) is 4.98 Å². The molecule has 0 bridgehead atoms. The molecule has 0 aliphatic rings. The Morgan fingerprint density at radius 3 is 2.38 bits per heavy atom. The summed E-state index contributed by atoms with van der Waals surface area (Å²) in [5, 5.41) is 3.09. The van der Waals surface area contributed by atoms with Gasteiger partial charge >= 0.3 is 0 Å². The SMILES string of the molecule is CCCC/C(=C\c1ccccn1)[Si](C)(C)c1ccccc1. The van der Waals surface area contributed by atoms with E-state index in [-0.39, 0.29) is 0 Å². The molecule has 0 saturated carbocycles. The van der Waals surface area contributed by atoms with Crippen LogP contribution in [0, 0.1) is 0 Å². The average molecular weight is 296 g/mol. The third-order valence-corrected chi connectivity index (χ3v) is 7.88. The van der Waals surface area contributed by atoms with Crippen molar-refractivity contribution in [3.8, 4) is 0 Å². The summed E-state index contributed by atoms with van der Waals surface area (Å²) in [4.78, 5) is 4.48. The standard InChI is InChI=1S/C19H25NSi/c1-4-5-12-19(16-17-11-9-10-15-20-17)21(2,3)18-13-7-6-8-14-18/h6-11,13-16H,4-5,12H2,1-3H3/b19-16+. The highest BCUT2D eigenvalue weighted by molar-refractivity contribution is 6.96. The largest absolute Gasteiger partial charge is 0.257 e. The summed E-state index contributed by atoms with van der Waals surface area (Å²) in [5.74, 6) is 0. The predicted octanol–water partition coefficient (Wildman–Crippen LogP) is 4.81. The predicted molar refractivity (Wildman–Crippen MR) is 95.3 cm³/mol. The zero-order valence-electron chi connectivity index (χ0n) is 13.3. The smallest absolute Gasteiger partial charge is 0.107 e. The molecule has 0 N–H and O–H groups in total. The van der Waals surface area contributed by atoms with E-state index in [1.807, 2.05) is 12.3 Å². The molecule has 0 spiro atoms. The molecule has 0 fully saturated rings. The Kier molecular flexibility index (Phi) is 5.51. The third kappa shape index (κ3) is 4.15. The lowest BCUT2D eigenvalue weighted by Gasteiger charge is -2.27. The number of unbranched alkanes of at least 4 members (excludes halogenated alkanes) is 1. The monoisotopic (exact) mass is 295 g/mol. The Labute approximate surface area is 129 Å². The maximum absolute atomic E-state index is 4.48. The Morgan fingerprint density at radius 1 is 1.05 bits per heavy atom. The highest BCUT2D eigenvalue weighted by Crippen LogP contribution is 2.23. The lowest BCUT2D eigenvalue weighted by atomic mass is 10.2. The molecule has 110 valence electrons. The molecule has 1 aromatic carbocycles. The molecule has 0 aliphatic carbocycles. The van der Waals surface area contributed by atoms with Crippen molar-refractivity contribution in [1.82, 2.24) is 4.98 Å². The van der Waals surface area contributed by atoms with Crippen LogP contribution in [0.3, 0.4) is 0 Å². The number of hydrogen-bond acceptors (Lipinski definition) is 1. The van der Waals surface area contributed by atoms with E-state index in [4.69, 9.17) is 0 Å². The van der Waals surface area contributed by atoms with Gasteiger partial charge in [-0.25, -0.2) is 0 Å². The molecule has 0 saturated heterocycles. The number of hydrogen-bond donors (Lipinski definition) is 0. The second kappa shape index (κ2) is 7.37. The van der Waals surface area contributed by atoms with Gasteiger partial charge in [-0.2, -0.15) is 0 Å². The van der Waals surface area contributed by atoms with Crippen molar-refractivity contribution in [1.29, 1.82) is 0 Å². The molecule has 2 aromatic rings. The quantitative estimate of drug-likeness (QED) is 0.697. The first-order chi connectivity index (χ1) is 10.1. The molecule has 0 radical (unpaired) electrons. The fourth-order valence-electron chi connectivity index (χ4n) is 2.61. The van der Waals surface area contributed by atoms with Crippen LogP contribution < -0.4 is 5.19 Å². The molecule has 1 nitrogen and oxygen atoms in total. The maximum atomic E-state index is 4.48. The van der Waals surface area contributed by atoms with Crippen LogP contribution in [0.4, 0.5) is 0 Å². The van der Waals surface area contributed by atoms with E-state index in [9.17, 15) is 0 Å². The molecule has 1 heterocycles. The van der Waals surface area contributed by atoms with Crippen molar-refractivity contribution < 1.29 is 0 Å². The van der Waals surface area contributed by atoms with Crippen LogP contribution in [0.2, 0.25) is 13.1 Å². The number of nitrogens with zero attached hydrogens (tertiary/aromatic N) is 1. The molecular formula is C19H25NSi. The summed E-state index contributed by atoms with van der Waals surface area (Å²) in [6.07, 6.45) is 7.87. The van der Waals surface area contributed by atoms with Gasteiger partial charge in [0, 0.05) is 6.20 Å². The summed E-state index contributed by atoms with van der Waals surface area (Å²) in [6, 6.07) is 17.1. The molecule has 0 aliphatic heterocycles. The van der Waals surface area contributed by atoms with Crippen molar-refractivity contribution in [2.24, 2.45) is 0 Å². The van der Waals surface area contributed by atoms with Crippen LogP contribution in [0.15, 0.2) is 59.9 Å². The van der Waals surface area contributed by atoms with Crippen LogP contribution in [-0.2, 0) is 0 Å². The second-order valence-corrected chi connectivity index (χ2v) is 10.5. The van der Waals surface area contributed by atoms with E-state index in [0.29, 0.717) is 0 Å². The zero-order chi connectivity index (χ0) is 15.1. The maximum Gasteiger partial charge on any atom is 0.107 e. The minimum absolute atomic E-state index is 1.08. The molecule has 2 heteroatoms. The number of allylic oxidation sites excluding steroid dienone is 1. The van der Waals surface area contributed by atoms with Gasteiger partial charge in [-0.1, -0.05) is 79.6 Å². The molecular weight excluding hydrogens is 270 g/mol. The molecule has 0 atom stereocenters. The number of pyridine rings is 1. The Balaban J connectivity index is 2.38.